The zero-order chi connectivity index (χ0) is 21.6. The van der Waals surface area contributed by atoms with E-state index < -0.39 is 15.9 Å². The largest absolute Gasteiger partial charge is 0.497 e. The van der Waals surface area contributed by atoms with Gasteiger partial charge in [0, 0.05) is 5.69 Å². The van der Waals surface area contributed by atoms with Gasteiger partial charge in [0.15, 0.2) is 0 Å². The Bertz CT molecular complexity index is 1100. The average Bonchev–Trinajstić information content (AvgIpc) is 2.78. The van der Waals surface area contributed by atoms with E-state index in [4.69, 9.17) is 4.74 Å². The standard InChI is InChI=1S/C23H24N2O4S/c1-3-18-9-7-8-12-22(18)25(30(27,28)21-10-5-4-6-11-21)17-23(26)24-19-13-15-20(29-2)16-14-19/h4-16H,3,17H2,1-2H3,(H,24,26). The summed E-state index contributed by atoms with van der Waals surface area (Å²) in [6.07, 6.45) is 0.636. The van der Waals surface area contributed by atoms with Crippen LogP contribution in [0.15, 0.2) is 83.8 Å². The van der Waals surface area contributed by atoms with Crippen LogP contribution in [0, 0.1) is 0 Å². The first-order chi connectivity index (χ1) is 14.5. The second-order valence-corrected chi connectivity index (χ2v) is 8.45. The third-order valence-corrected chi connectivity index (χ3v) is 6.41. The lowest BCUT2D eigenvalue weighted by Gasteiger charge is -2.26. The number of amides is 1. The van der Waals surface area contributed by atoms with Crippen LogP contribution in [-0.4, -0.2) is 28.0 Å². The maximum atomic E-state index is 13.4. The van der Waals surface area contributed by atoms with Crippen LogP contribution in [0.25, 0.3) is 0 Å². The molecule has 0 unspecified atom stereocenters. The molecule has 0 saturated carbocycles. The number of rotatable bonds is 8. The molecule has 0 fully saturated rings. The lowest BCUT2D eigenvalue weighted by atomic mass is 10.1. The highest BCUT2D eigenvalue weighted by atomic mass is 32.2. The van der Waals surface area contributed by atoms with E-state index >= 15 is 0 Å². The van der Waals surface area contributed by atoms with Gasteiger partial charge in [0.1, 0.15) is 12.3 Å². The molecule has 0 heterocycles. The summed E-state index contributed by atoms with van der Waals surface area (Å²) in [5.74, 6) is 0.226. The number of nitrogens with one attached hydrogen (secondary N) is 1. The van der Waals surface area contributed by atoms with Gasteiger partial charge in [-0.2, -0.15) is 0 Å². The third-order valence-electron chi connectivity index (χ3n) is 4.63. The van der Waals surface area contributed by atoms with Crippen LogP contribution >= 0.6 is 0 Å². The number of hydrogen-bond acceptors (Lipinski definition) is 4. The van der Waals surface area contributed by atoms with E-state index in [0.717, 1.165) is 5.56 Å². The molecular formula is C23H24N2O4S. The number of nitrogens with zero attached hydrogens (tertiary/aromatic N) is 1. The summed E-state index contributed by atoms with van der Waals surface area (Å²) in [7, 11) is -2.37. The van der Waals surface area contributed by atoms with E-state index in [-0.39, 0.29) is 11.4 Å². The number of ether oxygens (including phenoxy) is 1. The van der Waals surface area contributed by atoms with Crippen LogP contribution < -0.4 is 14.4 Å². The summed E-state index contributed by atoms with van der Waals surface area (Å²) in [4.78, 5) is 12.9. The summed E-state index contributed by atoms with van der Waals surface area (Å²) in [5, 5.41) is 2.75. The predicted octanol–water partition coefficient (Wildman–Crippen LogP) is 4.09. The van der Waals surface area contributed by atoms with Crippen LogP contribution in [0.1, 0.15) is 12.5 Å². The molecule has 156 valence electrons. The first-order valence-electron chi connectivity index (χ1n) is 9.55. The van der Waals surface area contributed by atoms with E-state index in [9.17, 15) is 13.2 Å². The van der Waals surface area contributed by atoms with Gasteiger partial charge < -0.3 is 10.1 Å². The second-order valence-electron chi connectivity index (χ2n) is 6.58. The van der Waals surface area contributed by atoms with Crippen LogP contribution in [0.3, 0.4) is 0 Å². The number of methoxy groups -OCH3 is 1. The molecule has 0 bridgehead atoms. The number of benzene rings is 3. The normalized spacial score (nSPS) is 11.0. The van der Waals surface area contributed by atoms with Crippen molar-refractivity contribution in [2.75, 3.05) is 23.3 Å². The van der Waals surface area contributed by atoms with Crippen molar-refractivity contribution in [3.05, 3.63) is 84.4 Å². The molecule has 3 aromatic carbocycles. The molecule has 0 spiro atoms. The van der Waals surface area contributed by atoms with Gasteiger partial charge in [-0.1, -0.05) is 43.3 Å². The molecule has 7 heteroatoms. The van der Waals surface area contributed by atoms with Gasteiger partial charge in [-0.3, -0.25) is 9.10 Å². The van der Waals surface area contributed by atoms with Crippen molar-refractivity contribution in [1.29, 1.82) is 0 Å². The van der Waals surface area contributed by atoms with Gasteiger partial charge >= 0.3 is 0 Å². The quantitative estimate of drug-likeness (QED) is 0.591. The number of sulfonamides is 1. The molecule has 0 aliphatic heterocycles. The molecule has 3 rings (SSSR count). The predicted molar refractivity (Wildman–Crippen MR) is 118 cm³/mol. The molecule has 0 aliphatic rings. The van der Waals surface area contributed by atoms with Gasteiger partial charge in [0.25, 0.3) is 10.0 Å². The Labute approximate surface area is 177 Å². The van der Waals surface area contributed by atoms with E-state index in [1.807, 2.05) is 19.1 Å². The van der Waals surface area contributed by atoms with Crippen molar-refractivity contribution in [2.45, 2.75) is 18.2 Å². The summed E-state index contributed by atoms with van der Waals surface area (Å²) in [5.41, 5.74) is 1.89. The first-order valence-corrected chi connectivity index (χ1v) is 11.0. The van der Waals surface area contributed by atoms with E-state index in [2.05, 4.69) is 5.32 Å². The van der Waals surface area contributed by atoms with Crippen LogP contribution in [0.2, 0.25) is 0 Å². The van der Waals surface area contributed by atoms with Crippen molar-refractivity contribution >= 4 is 27.3 Å². The zero-order valence-electron chi connectivity index (χ0n) is 16.9. The van der Waals surface area contributed by atoms with Crippen molar-refractivity contribution < 1.29 is 17.9 Å². The van der Waals surface area contributed by atoms with Gasteiger partial charge in [0.05, 0.1) is 17.7 Å². The smallest absolute Gasteiger partial charge is 0.264 e. The maximum Gasteiger partial charge on any atom is 0.264 e. The SMILES string of the molecule is CCc1ccccc1N(CC(=O)Nc1ccc(OC)cc1)S(=O)(=O)c1ccccc1. The second kappa shape index (κ2) is 9.45. The number of aryl methyl sites for hydroxylation is 1. The minimum absolute atomic E-state index is 0.133. The highest BCUT2D eigenvalue weighted by Crippen LogP contribution is 2.27. The molecule has 30 heavy (non-hydrogen) atoms. The van der Waals surface area contributed by atoms with Crippen molar-refractivity contribution in [3.8, 4) is 5.75 Å². The minimum Gasteiger partial charge on any atom is -0.497 e. The molecule has 6 nitrogen and oxygen atoms in total. The zero-order valence-corrected chi connectivity index (χ0v) is 17.7. The molecule has 3 aromatic rings. The van der Waals surface area contributed by atoms with Crippen LogP contribution in [0.4, 0.5) is 11.4 Å². The summed E-state index contributed by atoms with van der Waals surface area (Å²) in [6, 6.07) is 22.2. The fourth-order valence-electron chi connectivity index (χ4n) is 3.08. The van der Waals surface area contributed by atoms with Gasteiger partial charge in [-0.05, 0) is 54.4 Å². The van der Waals surface area contributed by atoms with Gasteiger partial charge in [-0.25, -0.2) is 8.42 Å². The number of hydrogen-bond donors (Lipinski definition) is 1. The Morgan fingerprint density at radius 1 is 0.933 bits per heavy atom. The molecule has 1 N–H and O–H groups in total. The Balaban J connectivity index is 1.94. The number of anilines is 2. The monoisotopic (exact) mass is 424 g/mol. The Morgan fingerprint density at radius 2 is 1.57 bits per heavy atom. The lowest BCUT2D eigenvalue weighted by molar-refractivity contribution is -0.114. The molecule has 0 saturated heterocycles. The molecule has 0 radical (unpaired) electrons. The number of carbonyl (C=O) groups is 1. The summed E-state index contributed by atoms with van der Waals surface area (Å²) in [6.45, 7) is 1.60. The lowest BCUT2D eigenvalue weighted by Crippen LogP contribution is -2.38. The highest BCUT2D eigenvalue weighted by molar-refractivity contribution is 7.92. The van der Waals surface area contributed by atoms with Crippen molar-refractivity contribution in [1.82, 2.24) is 0 Å². The Hall–Kier alpha value is -3.32. The number of carbonyl (C=O) groups excluding carboxylic acids is 1. The third kappa shape index (κ3) is 4.80. The van der Waals surface area contributed by atoms with E-state index in [0.29, 0.717) is 23.5 Å². The molecular weight excluding hydrogens is 400 g/mol. The minimum atomic E-state index is -3.93. The fourth-order valence-corrected chi connectivity index (χ4v) is 4.56. The average molecular weight is 425 g/mol. The Kier molecular flexibility index (Phi) is 6.74. The summed E-state index contributed by atoms with van der Waals surface area (Å²) >= 11 is 0. The molecule has 0 aromatic heterocycles. The molecule has 0 aliphatic carbocycles. The topological polar surface area (TPSA) is 75.7 Å². The van der Waals surface area contributed by atoms with Crippen LogP contribution in [0.5, 0.6) is 5.75 Å². The molecule has 0 atom stereocenters. The van der Waals surface area contributed by atoms with Gasteiger partial charge in [0.2, 0.25) is 5.91 Å². The van der Waals surface area contributed by atoms with Crippen LogP contribution in [-0.2, 0) is 21.2 Å². The maximum absolute atomic E-state index is 13.4. The molecule has 1 amide bonds. The van der Waals surface area contributed by atoms with Crippen molar-refractivity contribution in [2.24, 2.45) is 0 Å². The van der Waals surface area contributed by atoms with Crippen molar-refractivity contribution in [3.63, 3.8) is 0 Å². The van der Waals surface area contributed by atoms with E-state index in [1.165, 1.54) is 16.4 Å². The Morgan fingerprint density at radius 3 is 2.20 bits per heavy atom. The highest BCUT2D eigenvalue weighted by Gasteiger charge is 2.28. The van der Waals surface area contributed by atoms with Gasteiger partial charge in [-0.15, -0.1) is 0 Å². The van der Waals surface area contributed by atoms with E-state index in [1.54, 1.807) is 61.7 Å². The fraction of sp³-hybridized carbons (Fsp3) is 0.174. The first kappa shape index (κ1) is 21.4. The summed E-state index contributed by atoms with van der Waals surface area (Å²) < 4.78 is 33.1. The number of para-hydroxylation sites is 1.